The normalized spacial score (nSPS) is 12.4. The molecule has 9 nitrogen and oxygen atoms in total. The number of aromatic nitrogens is 4. The lowest BCUT2D eigenvalue weighted by molar-refractivity contribution is 0.597. The number of imidazole rings is 1. The Hall–Kier alpha value is -4.51. The Balaban J connectivity index is 1.55. The van der Waals surface area contributed by atoms with E-state index in [9.17, 15) is 22.4 Å². The number of benzene rings is 3. The number of nitrogens with one attached hydrogen (secondary N) is 3. The molecule has 0 amide bonds. The van der Waals surface area contributed by atoms with E-state index in [-0.39, 0.29) is 28.3 Å². The zero-order valence-electron chi connectivity index (χ0n) is 21.7. The van der Waals surface area contributed by atoms with Gasteiger partial charge in [-0.15, -0.1) is 0 Å². The van der Waals surface area contributed by atoms with Crippen LogP contribution in [-0.4, -0.2) is 27.9 Å². The third-order valence-corrected chi connectivity index (χ3v) is 8.11. The molecular formula is C29H28FN5O4S. The first-order valence-electron chi connectivity index (χ1n) is 12.9. The van der Waals surface area contributed by atoms with Crippen LogP contribution in [-0.2, 0) is 23.0 Å². The third-order valence-electron chi connectivity index (χ3n) is 6.72. The number of halogens is 1. The van der Waals surface area contributed by atoms with E-state index in [1.54, 1.807) is 60.7 Å². The molecule has 0 fully saturated rings. The summed E-state index contributed by atoms with van der Waals surface area (Å²) in [6.07, 6.45) is 1.78. The van der Waals surface area contributed by atoms with Crippen LogP contribution in [0.3, 0.4) is 0 Å². The van der Waals surface area contributed by atoms with Crippen molar-refractivity contribution in [2.75, 3.05) is 4.72 Å². The highest BCUT2D eigenvalue weighted by Crippen LogP contribution is 2.30. The number of anilines is 1. The van der Waals surface area contributed by atoms with Gasteiger partial charge in [0.1, 0.15) is 17.2 Å². The number of aryl methyl sites for hydroxylation is 1. The number of hydrogen-bond acceptors (Lipinski definition) is 5. The quantitative estimate of drug-likeness (QED) is 0.231. The van der Waals surface area contributed by atoms with E-state index in [4.69, 9.17) is 0 Å². The van der Waals surface area contributed by atoms with Crippen molar-refractivity contribution >= 4 is 26.9 Å². The number of aromatic amines is 2. The molecule has 1 unspecified atom stereocenters. The van der Waals surface area contributed by atoms with E-state index in [0.717, 1.165) is 12.8 Å². The number of unbranched alkanes of at least 4 members (excludes halogenated alkanes) is 1. The minimum Gasteiger partial charge on any atom is -0.336 e. The summed E-state index contributed by atoms with van der Waals surface area (Å²) < 4.78 is 44.2. The van der Waals surface area contributed by atoms with Gasteiger partial charge < -0.3 is 4.98 Å². The average molecular weight is 562 g/mol. The molecule has 1 atom stereocenters. The first-order chi connectivity index (χ1) is 19.3. The topological polar surface area (TPSA) is 130 Å². The number of H-pyrrole nitrogens is 2. The summed E-state index contributed by atoms with van der Waals surface area (Å²) in [5.74, 6) is -0.524. The standard InChI is InChI=1S/C29H28FN5O4S/c1-2-3-17-35-27-25(28(36)33-29(35)37)31-26(32-27)23(18-20-9-7-8-12-24(20)30)19-13-15-21(16-14-19)34-40(38,39)22-10-5-4-6-11-22/h4-16,23,34H,2-3,17-18H2,1H3,(H,31,32)(H,33,36,37). The van der Waals surface area contributed by atoms with E-state index in [1.165, 1.54) is 22.8 Å². The van der Waals surface area contributed by atoms with Crippen molar-refractivity contribution in [2.24, 2.45) is 0 Å². The molecule has 0 aliphatic carbocycles. The van der Waals surface area contributed by atoms with Gasteiger partial charge in [0, 0.05) is 18.2 Å². The number of rotatable bonds is 10. The van der Waals surface area contributed by atoms with Crippen LogP contribution in [0.25, 0.3) is 11.2 Å². The van der Waals surface area contributed by atoms with Crippen LogP contribution in [0.5, 0.6) is 0 Å². The molecule has 0 radical (unpaired) electrons. The minimum atomic E-state index is -3.78. The Labute approximate surface area is 229 Å². The molecule has 40 heavy (non-hydrogen) atoms. The Morgan fingerprint density at radius 2 is 1.65 bits per heavy atom. The summed E-state index contributed by atoms with van der Waals surface area (Å²) in [6.45, 7) is 2.39. The van der Waals surface area contributed by atoms with Crippen LogP contribution in [0.15, 0.2) is 93.3 Å². The molecule has 3 N–H and O–H groups in total. The first-order valence-corrected chi connectivity index (χ1v) is 14.4. The van der Waals surface area contributed by atoms with E-state index in [2.05, 4.69) is 19.7 Å². The van der Waals surface area contributed by atoms with Crippen molar-refractivity contribution in [3.63, 3.8) is 0 Å². The van der Waals surface area contributed by atoms with Crippen molar-refractivity contribution in [3.05, 3.63) is 122 Å². The largest absolute Gasteiger partial charge is 0.336 e. The highest BCUT2D eigenvalue weighted by atomic mass is 32.2. The van der Waals surface area contributed by atoms with Gasteiger partial charge in [0.2, 0.25) is 0 Å². The Morgan fingerprint density at radius 1 is 0.950 bits per heavy atom. The fourth-order valence-electron chi connectivity index (χ4n) is 4.60. The van der Waals surface area contributed by atoms with E-state index in [0.29, 0.717) is 29.2 Å². The summed E-state index contributed by atoms with van der Waals surface area (Å²) >= 11 is 0. The smallest absolute Gasteiger partial charge is 0.330 e. The van der Waals surface area contributed by atoms with Crippen molar-refractivity contribution in [1.29, 1.82) is 0 Å². The molecule has 0 aliphatic heterocycles. The first kappa shape index (κ1) is 27.1. The Kier molecular flexibility index (Phi) is 7.65. The van der Waals surface area contributed by atoms with Gasteiger partial charge >= 0.3 is 5.69 Å². The van der Waals surface area contributed by atoms with Gasteiger partial charge in [-0.05, 0) is 54.3 Å². The van der Waals surface area contributed by atoms with Crippen LogP contribution < -0.4 is 16.0 Å². The fraction of sp³-hybridized carbons (Fsp3) is 0.207. The summed E-state index contributed by atoms with van der Waals surface area (Å²) in [4.78, 5) is 35.4. The molecule has 0 spiro atoms. The maximum Gasteiger partial charge on any atom is 0.330 e. The van der Waals surface area contributed by atoms with Crippen LogP contribution in [0.4, 0.5) is 10.1 Å². The SMILES string of the molecule is CCCCn1c(=O)[nH]c(=O)c2[nH]c(C(Cc3ccccc3F)c3ccc(NS(=O)(=O)c4ccccc4)cc3)nc21. The predicted molar refractivity (Wildman–Crippen MR) is 152 cm³/mol. The molecule has 5 rings (SSSR count). The van der Waals surface area contributed by atoms with Gasteiger partial charge in [-0.2, -0.15) is 0 Å². The lowest BCUT2D eigenvalue weighted by atomic mass is 9.91. The molecule has 2 heterocycles. The molecule has 0 bridgehead atoms. The molecule has 5 aromatic rings. The third kappa shape index (κ3) is 5.59. The van der Waals surface area contributed by atoms with Gasteiger partial charge in [0.15, 0.2) is 5.65 Å². The number of hydrogen-bond donors (Lipinski definition) is 3. The summed E-state index contributed by atoms with van der Waals surface area (Å²) in [5.41, 5.74) is 0.792. The minimum absolute atomic E-state index is 0.137. The van der Waals surface area contributed by atoms with Crippen molar-refractivity contribution in [3.8, 4) is 0 Å². The summed E-state index contributed by atoms with van der Waals surface area (Å²) in [7, 11) is -3.78. The summed E-state index contributed by atoms with van der Waals surface area (Å²) in [5, 5.41) is 0. The molecule has 0 saturated carbocycles. The van der Waals surface area contributed by atoms with Crippen molar-refractivity contribution in [2.45, 2.75) is 43.5 Å². The lowest BCUT2D eigenvalue weighted by Gasteiger charge is -2.17. The second-order valence-corrected chi connectivity index (χ2v) is 11.2. The fourth-order valence-corrected chi connectivity index (χ4v) is 5.68. The second kappa shape index (κ2) is 11.3. The van der Waals surface area contributed by atoms with E-state index in [1.807, 2.05) is 6.92 Å². The number of nitrogens with zero attached hydrogens (tertiary/aromatic N) is 2. The highest BCUT2D eigenvalue weighted by molar-refractivity contribution is 7.92. The lowest BCUT2D eigenvalue weighted by Crippen LogP contribution is -2.30. The van der Waals surface area contributed by atoms with Crippen LogP contribution >= 0.6 is 0 Å². The second-order valence-electron chi connectivity index (χ2n) is 9.47. The number of sulfonamides is 1. The van der Waals surface area contributed by atoms with Gasteiger partial charge in [0.25, 0.3) is 15.6 Å². The molecule has 206 valence electrons. The number of fused-ring (bicyclic) bond motifs is 1. The maximum atomic E-state index is 14.7. The zero-order valence-corrected chi connectivity index (χ0v) is 22.5. The van der Waals surface area contributed by atoms with Crippen molar-refractivity contribution in [1.82, 2.24) is 19.5 Å². The summed E-state index contributed by atoms with van der Waals surface area (Å²) in [6, 6.07) is 21.1. The maximum absolute atomic E-state index is 14.7. The average Bonchev–Trinajstić information content (AvgIpc) is 3.39. The van der Waals surface area contributed by atoms with Crippen LogP contribution in [0.1, 0.15) is 42.6 Å². The molecule has 0 aliphatic rings. The Bertz CT molecular complexity index is 1860. The molecule has 3 aromatic carbocycles. The molecule has 2 aromatic heterocycles. The highest BCUT2D eigenvalue weighted by Gasteiger charge is 2.23. The van der Waals surface area contributed by atoms with Gasteiger partial charge in [-0.25, -0.2) is 22.6 Å². The van der Waals surface area contributed by atoms with Gasteiger partial charge in [-0.1, -0.05) is 61.9 Å². The van der Waals surface area contributed by atoms with Crippen molar-refractivity contribution < 1.29 is 12.8 Å². The van der Waals surface area contributed by atoms with E-state index < -0.39 is 27.2 Å². The molecule has 11 heteroatoms. The van der Waals surface area contributed by atoms with E-state index >= 15 is 0 Å². The monoisotopic (exact) mass is 561 g/mol. The molecular weight excluding hydrogens is 533 g/mol. The molecule has 0 saturated heterocycles. The Morgan fingerprint density at radius 3 is 2.35 bits per heavy atom. The van der Waals surface area contributed by atoms with Gasteiger partial charge in [0.05, 0.1) is 4.90 Å². The van der Waals surface area contributed by atoms with Gasteiger partial charge in [-0.3, -0.25) is 19.1 Å². The predicted octanol–water partition coefficient (Wildman–Crippen LogP) is 4.53. The van der Waals surface area contributed by atoms with Crippen LogP contribution in [0, 0.1) is 5.82 Å². The van der Waals surface area contributed by atoms with Crippen LogP contribution in [0.2, 0.25) is 0 Å². The zero-order chi connectivity index (χ0) is 28.3.